The molecule has 1 atom stereocenters. The van der Waals surface area contributed by atoms with Crippen LogP contribution in [0.2, 0.25) is 0 Å². The van der Waals surface area contributed by atoms with E-state index in [1.807, 2.05) is 7.05 Å². The third-order valence-corrected chi connectivity index (χ3v) is 4.30. The monoisotopic (exact) mass is 337 g/mol. The number of hydrogen-bond donors (Lipinski definition) is 1. The van der Waals surface area contributed by atoms with Crippen molar-refractivity contribution in [2.24, 2.45) is 5.92 Å². The SMILES string of the molecule is CNCC1CCN(C(=O)CN2C(=O)c3ccccc3C2=O)C1.Cl. The fourth-order valence-corrected chi connectivity index (χ4v) is 3.13. The zero-order valence-corrected chi connectivity index (χ0v) is 13.8. The molecular weight excluding hydrogens is 318 g/mol. The summed E-state index contributed by atoms with van der Waals surface area (Å²) in [6, 6.07) is 6.69. The minimum Gasteiger partial charge on any atom is -0.341 e. The molecule has 0 spiro atoms. The lowest BCUT2D eigenvalue weighted by Crippen LogP contribution is -2.42. The molecule has 3 amide bonds. The number of amides is 3. The zero-order chi connectivity index (χ0) is 15.7. The first-order valence-electron chi connectivity index (χ1n) is 7.49. The highest BCUT2D eigenvalue weighted by molar-refractivity contribution is 6.22. The average Bonchev–Trinajstić information content (AvgIpc) is 3.08. The van der Waals surface area contributed by atoms with Crippen LogP contribution >= 0.6 is 12.4 Å². The molecule has 0 bridgehead atoms. The van der Waals surface area contributed by atoms with E-state index < -0.39 is 0 Å². The number of hydrogen-bond acceptors (Lipinski definition) is 4. The third kappa shape index (κ3) is 3.23. The van der Waals surface area contributed by atoms with Crippen molar-refractivity contribution in [2.45, 2.75) is 6.42 Å². The lowest BCUT2D eigenvalue weighted by Gasteiger charge is -2.20. The number of nitrogens with zero attached hydrogens (tertiary/aromatic N) is 2. The Morgan fingerprint density at radius 3 is 2.39 bits per heavy atom. The van der Waals surface area contributed by atoms with Gasteiger partial charge in [0.2, 0.25) is 5.91 Å². The predicted octanol–water partition coefficient (Wildman–Crippen LogP) is 0.772. The largest absolute Gasteiger partial charge is 0.341 e. The fourth-order valence-electron chi connectivity index (χ4n) is 3.13. The third-order valence-electron chi connectivity index (χ3n) is 4.30. The molecule has 1 fully saturated rings. The molecular formula is C16H20ClN3O3. The minimum atomic E-state index is -0.375. The van der Waals surface area contributed by atoms with Crippen LogP contribution in [-0.4, -0.2) is 60.7 Å². The summed E-state index contributed by atoms with van der Waals surface area (Å²) in [5.74, 6) is -0.468. The number of fused-ring (bicyclic) bond motifs is 1. The van der Waals surface area contributed by atoms with Crippen molar-refractivity contribution in [1.29, 1.82) is 0 Å². The van der Waals surface area contributed by atoms with E-state index in [4.69, 9.17) is 0 Å². The maximum Gasteiger partial charge on any atom is 0.262 e. The van der Waals surface area contributed by atoms with Gasteiger partial charge in [0.15, 0.2) is 0 Å². The maximum atomic E-state index is 12.4. The van der Waals surface area contributed by atoms with Gasteiger partial charge in [-0.1, -0.05) is 12.1 Å². The number of carbonyl (C=O) groups excluding carboxylic acids is 3. The first kappa shape index (κ1) is 17.4. The van der Waals surface area contributed by atoms with Crippen molar-refractivity contribution in [1.82, 2.24) is 15.1 Å². The lowest BCUT2D eigenvalue weighted by atomic mass is 10.1. The number of likely N-dealkylation sites (tertiary alicyclic amines) is 1. The van der Waals surface area contributed by atoms with Gasteiger partial charge >= 0.3 is 0 Å². The van der Waals surface area contributed by atoms with E-state index >= 15 is 0 Å². The number of imide groups is 1. The van der Waals surface area contributed by atoms with Crippen molar-refractivity contribution in [3.63, 3.8) is 0 Å². The number of rotatable bonds is 4. The van der Waals surface area contributed by atoms with Gasteiger partial charge < -0.3 is 10.2 Å². The standard InChI is InChI=1S/C16H19N3O3.ClH/c1-17-8-11-6-7-18(9-11)14(20)10-19-15(21)12-4-2-3-5-13(12)16(19)22;/h2-5,11,17H,6-10H2,1H3;1H. The van der Waals surface area contributed by atoms with Crippen molar-refractivity contribution in [2.75, 3.05) is 33.2 Å². The average molecular weight is 338 g/mol. The second-order valence-corrected chi connectivity index (χ2v) is 5.79. The molecule has 1 saturated heterocycles. The minimum absolute atomic E-state index is 0. The Hall–Kier alpha value is -1.92. The molecule has 2 aliphatic rings. The van der Waals surface area contributed by atoms with Crippen LogP contribution < -0.4 is 5.32 Å². The smallest absolute Gasteiger partial charge is 0.262 e. The summed E-state index contributed by atoms with van der Waals surface area (Å²) in [6.07, 6.45) is 0.953. The second-order valence-electron chi connectivity index (χ2n) is 5.79. The van der Waals surface area contributed by atoms with E-state index in [1.165, 1.54) is 0 Å². The van der Waals surface area contributed by atoms with E-state index in [2.05, 4.69) is 5.32 Å². The van der Waals surface area contributed by atoms with E-state index in [-0.39, 0.29) is 36.7 Å². The van der Waals surface area contributed by atoms with Crippen molar-refractivity contribution in [3.8, 4) is 0 Å². The van der Waals surface area contributed by atoms with E-state index in [0.29, 0.717) is 30.1 Å². The molecule has 3 rings (SSSR count). The first-order valence-corrected chi connectivity index (χ1v) is 7.49. The van der Waals surface area contributed by atoms with Gasteiger partial charge in [-0.15, -0.1) is 12.4 Å². The van der Waals surface area contributed by atoms with Crippen LogP contribution in [0, 0.1) is 5.92 Å². The molecule has 0 aromatic heterocycles. The number of halogens is 1. The summed E-state index contributed by atoms with van der Waals surface area (Å²) >= 11 is 0. The summed E-state index contributed by atoms with van der Waals surface area (Å²) in [7, 11) is 1.89. The highest BCUT2D eigenvalue weighted by atomic mass is 35.5. The van der Waals surface area contributed by atoms with Gasteiger partial charge in [0, 0.05) is 13.1 Å². The Morgan fingerprint density at radius 2 is 1.83 bits per heavy atom. The molecule has 23 heavy (non-hydrogen) atoms. The highest BCUT2D eigenvalue weighted by Gasteiger charge is 2.37. The van der Waals surface area contributed by atoms with Crippen LogP contribution in [0.1, 0.15) is 27.1 Å². The van der Waals surface area contributed by atoms with Gasteiger partial charge in [-0.05, 0) is 38.1 Å². The summed E-state index contributed by atoms with van der Waals surface area (Å²) in [6.45, 7) is 2.08. The van der Waals surface area contributed by atoms with E-state index in [0.717, 1.165) is 17.9 Å². The summed E-state index contributed by atoms with van der Waals surface area (Å²) in [5.41, 5.74) is 0.768. The van der Waals surface area contributed by atoms with Crippen molar-refractivity contribution >= 4 is 30.1 Å². The van der Waals surface area contributed by atoms with Gasteiger partial charge in [-0.3, -0.25) is 19.3 Å². The van der Waals surface area contributed by atoms with Crippen LogP contribution in [0.25, 0.3) is 0 Å². The number of nitrogens with one attached hydrogen (secondary N) is 1. The van der Waals surface area contributed by atoms with Gasteiger partial charge in [-0.25, -0.2) is 0 Å². The fraction of sp³-hybridized carbons (Fsp3) is 0.438. The quantitative estimate of drug-likeness (QED) is 0.824. The molecule has 0 radical (unpaired) electrons. The van der Waals surface area contributed by atoms with Gasteiger partial charge in [0.05, 0.1) is 11.1 Å². The first-order chi connectivity index (χ1) is 10.6. The summed E-state index contributed by atoms with van der Waals surface area (Å²) < 4.78 is 0. The van der Waals surface area contributed by atoms with Gasteiger partial charge in [0.1, 0.15) is 6.54 Å². The second kappa shape index (κ2) is 7.10. The van der Waals surface area contributed by atoms with Crippen LogP contribution in [0.15, 0.2) is 24.3 Å². The van der Waals surface area contributed by atoms with Gasteiger partial charge in [0.25, 0.3) is 11.8 Å². The molecule has 2 heterocycles. The summed E-state index contributed by atoms with van der Waals surface area (Å²) in [5, 5.41) is 3.11. The van der Waals surface area contributed by atoms with Crippen LogP contribution in [0.3, 0.4) is 0 Å². The highest BCUT2D eigenvalue weighted by Crippen LogP contribution is 2.23. The Morgan fingerprint density at radius 1 is 1.22 bits per heavy atom. The predicted molar refractivity (Wildman–Crippen MR) is 87.7 cm³/mol. The van der Waals surface area contributed by atoms with Crippen LogP contribution in [0.5, 0.6) is 0 Å². The van der Waals surface area contributed by atoms with Crippen molar-refractivity contribution < 1.29 is 14.4 Å². The number of benzene rings is 1. The Balaban J connectivity index is 0.00000192. The van der Waals surface area contributed by atoms with Crippen molar-refractivity contribution in [3.05, 3.63) is 35.4 Å². The molecule has 1 N–H and O–H groups in total. The molecule has 0 saturated carbocycles. The van der Waals surface area contributed by atoms with E-state index in [9.17, 15) is 14.4 Å². The zero-order valence-electron chi connectivity index (χ0n) is 12.9. The molecule has 124 valence electrons. The molecule has 1 unspecified atom stereocenters. The maximum absolute atomic E-state index is 12.4. The van der Waals surface area contributed by atoms with Crippen LogP contribution in [0.4, 0.5) is 0 Å². The molecule has 0 aliphatic carbocycles. The molecule has 1 aromatic rings. The topological polar surface area (TPSA) is 69.7 Å². The molecule has 7 heteroatoms. The summed E-state index contributed by atoms with van der Waals surface area (Å²) in [4.78, 5) is 39.6. The van der Waals surface area contributed by atoms with E-state index in [1.54, 1.807) is 29.2 Å². The normalized spacial score (nSPS) is 19.8. The van der Waals surface area contributed by atoms with Gasteiger partial charge in [-0.2, -0.15) is 0 Å². The number of carbonyl (C=O) groups is 3. The molecule has 6 nitrogen and oxygen atoms in total. The van der Waals surface area contributed by atoms with Crippen LogP contribution in [-0.2, 0) is 4.79 Å². The molecule has 1 aromatic carbocycles. The Labute approximate surface area is 141 Å². The lowest BCUT2D eigenvalue weighted by molar-refractivity contribution is -0.130. The Bertz CT molecular complexity index is 600. The molecule has 2 aliphatic heterocycles. The Kier molecular flexibility index (Phi) is 5.38.